The predicted molar refractivity (Wildman–Crippen MR) is 91.2 cm³/mol. The molecule has 0 saturated carbocycles. The summed E-state index contributed by atoms with van der Waals surface area (Å²) in [5.74, 6) is 0.928. The van der Waals surface area contributed by atoms with E-state index >= 15 is 0 Å². The molecule has 0 aromatic carbocycles. The number of hydrogen-bond acceptors (Lipinski definition) is 7. The van der Waals surface area contributed by atoms with E-state index in [9.17, 15) is 0 Å². The third-order valence-corrected chi connectivity index (χ3v) is 3.42. The molecule has 0 fully saturated rings. The first kappa shape index (κ1) is 16.2. The molecular weight excluding hydrogens is 330 g/mol. The van der Waals surface area contributed by atoms with Crippen LogP contribution in [0.4, 0.5) is 17.5 Å². The van der Waals surface area contributed by atoms with Gasteiger partial charge >= 0.3 is 0 Å². The molecule has 0 amide bonds. The Morgan fingerprint density at radius 2 is 2.17 bits per heavy atom. The second-order valence-electron chi connectivity index (χ2n) is 4.95. The lowest BCUT2D eigenvalue weighted by Gasteiger charge is -2.09. The summed E-state index contributed by atoms with van der Waals surface area (Å²) >= 11 is 6.14. The maximum Gasteiger partial charge on any atom is 0.229 e. The first-order valence-corrected chi connectivity index (χ1v) is 7.68. The topological polar surface area (TPSA) is 101 Å². The lowest BCUT2D eigenvalue weighted by molar-refractivity contribution is 0.269. The summed E-state index contributed by atoms with van der Waals surface area (Å²) in [5.41, 5.74) is 1.75. The highest BCUT2D eigenvalue weighted by Crippen LogP contribution is 2.21. The Bertz CT molecular complexity index is 794. The molecule has 0 atom stereocenters. The molecule has 3 N–H and O–H groups in total. The van der Waals surface area contributed by atoms with Crippen LogP contribution in [0.25, 0.3) is 0 Å². The molecule has 0 aliphatic heterocycles. The van der Waals surface area contributed by atoms with Gasteiger partial charge in [0.25, 0.3) is 0 Å². The second kappa shape index (κ2) is 7.71. The molecular formula is C15H16ClN7O. The molecule has 0 saturated heterocycles. The fourth-order valence-corrected chi connectivity index (χ4v) is 2.18. The van der Waals surface area contributed by atoms with E-state index in [1.165, 1.54) is 6.20 Å². The van der Waals surface area contributed by atoms with Crippen molar-refractivity contribution in [2.45, 2.75) is 13.1 Å². The van der Waals surface area contributed by atoms with E-state index in [0.29, 0.717) is 29.9 Å². The number of rotatable bonds is 7. The molecule has 0 bridgehead atoms. The molecule has 3 aromatic rings. The Balaban J connectivity index is 1.68. The Morgan fingerprint density at radius 3 is 2.96 bits per heavy atom. The van der Waals surface area contributed by atoms with Gasteiger partial charge in [-0.1, -0.05) is 17.7 Å². The summed E-state index contributed by atoms with van der Waals surface area (Å²) in [6.45, 7) is 1.01. The fraction of sp³-hybridized carbons (Fsp3) is 0.200. The van der Waals surface area contributed by atoms with Crippen molar-refractivity contribution in [3.8, 4) is 0 Å². The first-order chi connectivity index (χ1) is 11.7. The highest BCUT2D eigenvalue weighted by Gasteiger charge is 2.07. The highest BCUT2D eigenvalue weighted by atomic mass is 35.5. The van der Waals surface area contributed by atoms with Crippen LogP contribution in [0.2, 0.25) is 5.02 Å². The summed E-state index contributed by atoms with van der Waals surface area (Å²) < 4.78 is 1.62. The quantitative estimate of drug-likeness (QED) is 0.602. The van der Waals surface area contributed by atoms with Crippen LogP contribution in [-0.4, -0.2) is 36.4 Å². The molecule has 3 rings (SSSR count). The molecule has 8 nitrogen and oxygen atoms in total. The van der Waals surface area contributed by atoms with Gasteiger partial charge < -0.3 is 15.7 Å². The zero-order chi connectivity index (χ0) is 16.8. The van der Waals surface area contributed by atoms with Crippen LogP contribution in [0, 0.1) is 0 Å². The van der Waals surface area contributed by atoms with Gasteiger partial charge in [-0.05, 0) is 11.6 Å². The van der Waals surface area contributed by atoms with Crippen molar-refractivity contribution >= 4 is 29.1 Å². The molecule has 0 aliphatic rings. The van der Waals surface area contributed by atoms with E-state index in [1.54, 1.807) is 29.5 Å². The van der Waals surface area contributed by atoms with Crippen LogP contribution in [-0.2, 0) is 13.1 Å². The van der Waals surface area contributed by atoms with Gasteiger partial charge in [-0.15, -0.1) is 0 Å². The van der Waals surface area contributed by atoms with E-state index in [4.69, 9.17) is 16.7 Å². The van der Waals surface area contributed by atoms with Crippen LogP contribution in [0.5, 0.6) is 0 Å². The number of pyridine rings is 1. The van der Waals surface area contributed by atoms with Crippen molar-refractivity contribution in [3.63, 3.8) is 0 Å². The maximum absolute atomic E-state index is 8.91. The first-order valence-electron chi connectivity index (χ1n) is 7.30. The van der Waals surface area contributed by atoms with Crippen molar-refractivity contribution in [2.24, 2.45) is 0 Å². The van der Waals surface area contributed by atoms with Gasteiger partial charge in [-0.25, -0.2) is 4.98 Å². The summed E-state index contributed by atoms with van der Waals surface area (Å²) in [5, 5.41) is 19.7. The predicted octanol–water partition coefficient (Wildman–Crippen LogP) is 2.07. The van der Waals surface area contributed by atoms with Gasteiger partial charge in [-0.3, -0.25) is 9.67 Å². The second-order valence-corrected chi connectivity index (χ2v) is 5.35. The Kier molecular flexibility index (Phi) is 5.19. The van der Waals surface area contributed by atoms with Crippen LogP contribution in [0.15, 0.2) is 43.1 Å². The number of nitrogens with one attached hydrogen (secondary N) is 2. The number of anilines is 3. The fourth-order valence-electron chi connectivity index (χ4n) is 2.02. The lowest BCUT2D eigenvalue weighted by atomic mass is 10.3. The number of hydrogen-bond donors (Lipinski definition) is 3. The zero-order valence-electron chi connectivity index (χ0n) is 12.7. The van der Waals surface area contributed by atoms with Crippen molar-refractivity contribution in [3.05, 3.63) is 53.7 Å². The van der Waals surface area contributed by atoms with Gasteiger partial charge in [0.05, 0.1) is 31.2 Å². The minimum absolute atomic E-state index is 0.0287. The molecule has 0 unspecified atom stereocenters. The smallest absolute Gasteiger partial charge is 0.229 e. The number of halogens is 1. The van der Waals surface area contributed by atoms with Crippen LogP contribution < -0.4 is 10.6 Å². The van der Waals surface area contributed by atoms with Crippen LogP contribution >= 0.6 is 11.6 Å². The zero-order valence-corrected chi connectivity index (χ0v) is 13.5. The normalized spacial score (nSPS) is 10.6. The Hall–Kier alpha value is -2.71. The number of aromatic nitrogens is 5. The highest BCUT2D eigenvalue weighted by molar-refractivity contribution is 6.32. The summed E-state index contributed by atoms with van der Waals surface area (Å²) in [6, 6.07) is 3.83. The van der Waals surface area contributed by atoms with Gasteiger partial charge in [0.15, 0.2) is 5.82 Å². The standard InChI is InChI=1S/C15H16ClN7O/c16-13-9-19-15(21-12-8-20-23(10-12)4-5-24)22-14(13)18-7-11-2-1-3-17-6-11/h1-3,6,8-10,24H,4-5,7H2,(H2,18,19,21,22). The molecule has 3 heterocycles. The summed E-state index contributed by atoms with van der Waals surface area (Å²) in [7, 11) is 0. The van der Waals surface area contributed by atoms with E-state index < -0.39 is 0 Å². The SMILES string of the molecule is OCCn1cc(Nc2ncc(Cl)c(NCc3cccnc3)n2)cn1. The van der Waals surface area contributed by atoms with Gasteiger partial charge in [0, 0.05) is 25.1 Å². The minimum atomic E-state index is 0.0287. The summed E-state index contributed by atoms with van der Waals surface area (Å²) in [6.07, 6.45) is 8.42. The van der Waals surface area contributed by atoms with E-state index in [2.05, 4.69) is 30.7 Å². The average molecular weight is 346 g/mol. The third-order valence-electron chi connectivity index (χ3n) is 3.15. The van der Waals surface area contributed by atoms with E-state index in [-0.39, 0.29) is 6.61 Å². The molecule has 124 valence electrons. The molecule has 24 heavy (non-hydrogen) atoms. The number of nitrogens with zero attached hydrogens (tertiary/aromatic N) is 5. The summed E-state index contributed by atoms with van der Waals surface area (Å²) in [4.78, 5) is 12.6. The van der Waals surface area contributed by atoms with Crippen molar-refractivity contribution in [2.75, 3.05) is 17.2 Å². The van der Waals surface area contributed by atoms with Gasteiger partial charge in [-0.2, -0.15) is 10.1 Å². The number of aliphatic hydroxyl groups is 1. The van der Waals surface area contributed by atoms with Crippen molar-refractivity contribution in [1.29, 1.82) is 0 Å². The molecule has 0 spiro atoms. The van der Waals surface area contributed by atoms with Gasteiger partial charge in [0.1, 0.15) is 5.02 Å². The number of aliphatic hydroxyl groups excluding tert-OH is 1. The van der Waals surface area contributed by atoms with Crippen molar-refractivity contribution in [1.82, 2.24) is 24.7 Å². The molecule has 0 radical (unpaired) electrons. The molecule has 0 aliphatic carbocycles. The maximum atomic E-state index is 8.91. The molecule has 3 aromatic heterocycles. The molecule has 9 heteroatoms. The monoisotopic (exact) mass is 345 g/mol. The minimum Gasteiger partial charge on any atom is -0.394 e. The lowest BCUT2D eigenvalue weighted by Crippen LogP contribution is -2.05. The van der Waals surface area contributed by atoms with Crippen LogP contribution in [0.1, 0.15) is 5.56 Å². The van der Waals surface area contributed by atoms with E-state index in [0.717, 1.165) is 11.3 Å². The van der Waals surface area contributed by atoms with Gasteiger partial charge in [0.2, 0.25) is 5.95 Å². The van der Waals surface area contributed by atoms with Crippen molar-refractivity contribution < 1.29 is 5.11 Å². The Morgan fingerprint density at radius 1 is 1.25 bits per heavy atom. The van der Waals surface area contributed by atoms with E-state index in [1.807, 2.05) is 12.1 Å². The van der Waals surface area contributed by atoms with Crippen LogP contribution in [0.3, 0.4) is 0 Å². The largest absolute Gasteiger partial charge is 0.394 e. The Labute approximate surface area is 143 Å². The average Bonchev–Trinajstić information content (AvgIpc) is 3.04. The third kappa shape index (κ3) is 4.18.